The van der Waals surface area contributed by atoms with Crippen LogP contribution in [0.4, 0.5) is 0 Å². The summed E-state index contributed by atoms with van der Waals surface area (Å²) in [6, 6.07) is 12.7. The summed E-state index contributed by atoms with van der Waals surface area (Å²) in [6.07, 6.45) is 0.482. The molecule has 10 heteroatoms. The van der Waals surface area contributed by atoms with Crippen molar-refractivity contribution in [2.24, 2.45) is 5.10 Å². The molecule has 1 unspecified atom stereocenters. The number of nitrogens with zero attached hydrogens (tertiary/aromatic N) is 4. The van der Waals surface area contributed by atoms with Gasteiger partial charge in [-0.15, -0.1) is 0 Å². The predicted molar refractivity (Wildman–Crippen MR) is 143 cm³/mol. The minimum atomic E-state index is -0.419. The average molecular weight is 525 g/mol. The number of hydrogen-bond donors (Lipinski definition) is 0. The van der Waals surface area contributed by atoms with E-state index in [4.69, 9.17) is 24.0 Å². The first kappa shape index (κ1) is 27.4. The van der Waals surface area contributed by atoms with Gasteiger partial charge in [-0.3, -0.25) is 14.5 Å². The highest BCUT2D eigenvalue weighted by atomic mass is 16.5. The second kappa shape index (κ2) is 12.7. The van der Waals surface area contributed by atoms with Crippen molar-refractivity contribution in [3.63, 3.8) is 0 Å². The summed E-state index contributed by atoms with van der Waals surface area (Å²) in [5.41, 5.74) is 2.44. The predicted octanol–water partition coefficient (Wildman–Crippen LogP) is 2.57. The highest BCUT2D eigenvalue weighted by Gasteiger charge is 2.36. The van der Waals surface area contributed by atoms with Gasteiger partial charge in [-0.05, 0) is 48.0 Å². The highest BCUT2D eigenvalue weighted by molar-refractivity contribution is 6.03. The molecule has 0 radical (unpaired) electrons. The standard InChI is InChI=1S/C28H36N4O6/c1-20(33)31(12-11-30-13-15-38-16-14-30)19-28(34)32-26(24-17-23(36-3)9-10-27(24)37-4)18-25(29-32)21-5-7-22(35-2)8-6-21/h5-10,17,26H,11-16,18-19H2,1-4H3. The van der Waals surface area contributed by atoms with Gasteiger partial charge in [0, 0.05) is 45.1 Å². The van der Waals surface area contributed by atoms with E-state index in [0.717, 1.165) is 35.7 Å². The van der Waals surface area contributed by atoms with Gasteiger partial charge < -0.3 is 23.8 Å². The summed E-state index contributed by atoms with van der Waals surface area (Å²) < 4.78 is 21.8. The minimum absolute atomic E-state index is 0.0676. The first-order chi connectivity index (χ1) is 18.4. The van der Waals surface area contributed by atoms with Gasteiger partial charge in [0.2, 0.25) is 5.91 Å². The Morgan fingerprint density at radius 1 is 1.00 bits per heavy atom. The zero-order valence-corrected chi connectivity index (χ0v) is 22.5. The van der Waals surface area contributed by atoms with E-state index in [-0.39, 0.29) is 18.4 Å². The van der Waals surface area contributed by atoms with Crippen molar-refractivity contribution in [1.82, 2.24) is 14.8 Å². The Hall–Kier alpha value is -3.63. The molecule has 2 heterocycles. The van der Waals surface area contributed by atoms with Crippen LogP contribution in [0, 0.1) is 0 Å². The van der Waals surface area contributed by atoms with Gasteiger partial charge in [-0.2, -0.15) is 5.10 Å². The Morgan fingerprint density at radius 2 is 1.68 bits per heavy atom. The average Bonchev–Trinajstić information content (AvgIpc) is 3.40. The molecule has 0 saturated carbocycles. The first-order valence-electron chi connectivity index (χ1n) is 12.7. The van der Waals surface area contributed by atoms with Crippen LogP contribution in [0.5, 0.6) is 17.2 Å². The maximum Gasteiger partial charge on any atom is 0.262 e. The fraction of sp³-hybridized carbons (Fsp3) is 0.464. The molecule has 0 spiro atoms. The topological polar surface area (TPSA) is 93.1 Å². The third kappa shape index (κ3) is 6.43. The maximum atomic E-state index is 13.7. The van der Waals surface area contributed by atoms with E-state index < -0.39 is 6.04 Å². The molecule has 38 heavy (non-hydrogen) atoms. The Bertz CT molecular complexity index is 1150. The molecule has 204 valence electrons. The lowest BCUT2D eigenvalue weighted by Crippen LogP contribution is -2.46. The second-order valence-corrected chi connectivity index (χ2v) is 9.24. The summed E-state index contributed by atoms with van der Waals surface area (Å²) in [5.74, 6) is 1.61. The van der Waals surface area contributed by atoms with E-state index in [0.29, 0.717) is 44.2 Å². The summed E-state index contributed by atoms with van der Waals surface area (Å²) in [7, 11) is 4.82. The van der Waals surface area contributed by atoms with Crippen molar-refractivity contribution < 1.29 is 28.5 Å². The Balaban J connectivity index is 1.60. The Morgan fingerprint density at radius 3 is 2.32 bits per heavy atom. The summed E-state index contributed by atoms with van der Waals surface area (Å²) in [5, 5.41) is 6.25. The fourth-order valence-corrected chi connectivity index (χ4v) is 4.71. The van der Waals surface area contributed by atoms with Crippen LogP contribution >= 0.6 is 0 Å². The van der Waals surface area contributed by atoms with Gasteiger partial charge >= 0.3 is 0 Å². The molecule has 1 fully saturated rings. The number of hydrazone groups is 1. The smallest absolute Gasteiger partial charge is 0.262 e. The van der Waals surface area contributed by atoms with Crippen LogP contribution in [0.15, 0.2) is 47.6 Å². The van der Waals surface area contributed by atoms with Crippen LogP contribution in [0.2, 0.25) is 0 Å². The van der Waals surface area contributed by atoms with Gasteiger partial charge in [0.05, 0.1) is 46.3 Å². The van der Waals surface area contributed by atoms with Gasteiger partial charge in [0.25, 0.3) is 5.91 Å². The zero-order chi connectivity index (χ0) is 27.1. The van der Waals surface area contributed by atoms with Crippen LogP contribution in [-0.4, -0.2) is 99.6 Å². The lowest BCUT2D eigenvalue weighted by molar-refractivity contribution is -0.140. The minimum Gasteiger partial charge on any atom is -0.497 e. The number of benzene rings is 2. The SMILES string of the molecule is COc1ccc(C2=NN(C(=O)CN(CCN3CCOCC3)C(C)=O)C(c3cc(OC)ccc3OC)C2)cc1. The number of hydrogen-bond acceptors (Lipinski definition) is 8. The second-order valence-electron chi connectivity index (χ2n) is 9.24. The molecular weight excluding hydrogens is 488 g/mol. The molecule has 0 aromatic heterocycles. The van der Waals surface area contributed by atoms with Crippen LogP contribution in [-0.2, 0) is 14.3 Å². The number of carbonyl (C=O) groups is 2. The van der Waals surface area contributed by atoms with Crippen LogP contribution in [0.1, 0.15) is 30.5 Å². The molecule has 0 bridgehead atoms. The quantitative estimate of drug-likeness (QED) is 0.472. The summed E-state index contributed by atoms with van der Waals surface area (Å²) in [4.78, 5) is 30.0. The van der Waals surface area contributed by atoms with Crippen molar-refractivity contribution in [1.29, 1.82) is 0 Å². The van der Waals surface area contributed by atoms with E-state index in [2.05, 4.69) is 4.90 Å². The highest BCUT2D eigenvalue weighted by Crippen LogP contribution is 2.39. The van der Waals surface area contributed by atoms with E-state index in [9.17, 15) is 9.59 Å². The summed E-state index contributed by atoms with van der Waals surface area (Å²) >= 11 is 0. The lowest BCUT2D eigenvalue weighted by Gasteiger charge is -2.30. The van der Waals surface area contributed by atoms with Gasteiger partial charge in [-0.25, -0.2) is 5.01 Å². The zero-order valence-electron chi connectivity index (χ0n) is 22.5. The third-order valence-electron chi connectivity index (χ3n) is 6.95. The molecule has 0 aliphatic carbocycles. The molecule has 2 aliphatic rings. The molecule has 2 amide bonds. The lowest BCUT2D eigenvalue weighted by atomic mass is 9.97. The molecule has 1 saturated heterocycles. The normalized spacial score (nSPS) is 17.6. The first-order valence-corrected chi connectivity index (χ1v) is 12.7. The van der Waals surface area contributed by atoms with Gasteiger partial charge in [-0.1, -0.05) is 0 Å². The van der Waals surface area contributed by atoms with E-state index in [1.54, 1.807) is 26.2 Å². The molecule has 10 nitrogen and oxygen atoms in total. The summed E-state index contributed by atoms with van der Waals surface area (Å²) in [6.45, 7) is 5.56. The van der Waals surface area contributed by atoms with Crippen LogP contribution in [0.3, 0.4) is 0 Å². The van der Waals surface area contributed by atoms with Gasteiger partial charge in [0.1, 0.15) is 23.8 Å². The van der Waals surface area contributed by atoms with E-state index >= 15 is 0 Å². The Labute approximate surface area is 223 Å². The van der Waals surface area contributed by atoms with Gasteiger partial charge in [0.15, 0.2) is 0 Å². The van der Waals surface area contributed by atoms with Crippen molar-refractivity contribution in [3.8, 4) is 17.2 Å². The van der Waals surface area contributed by atoms with Crippen molar-refractivity contribution in [2.45, 2.75) is 19.4 Å². The number of amides is 2. The molecule has 1 atom stereocenters. The van der Waals surface area contributed by atoms with Crippen LogP contribution in [0.25, 0.3) is 0 Å². The molecule has 2 aromatic rings. The number of ether oxygens (including phenoxy) is 4. The van der Waals surface area contributed by atoms with Crippen molar-refractivity contribution >= 4 is 17.5 Å². The fourth-order valence-electron chi connectivity index (χ4n) is 4.71. The monoisotopic (exact) mass is 524 g/mol. The molecular formula is C28H36N4O6. The number of carbonyl (C=O) groups excluding carboxylic acids is 2. The van der Waals surface area contributed by atoms with Crippen LogP contribution < -0.4 is 14.2 Å². The molecule has 2 aliphatic heterocycles. The molecule has 0 N–H and O–H groups in total. The third-order valence-corrected chi connectivity index (χ3v) is 6.95. The van der Waals surface area contributed by atoms with Crippen molar-refractivity contribution in [2.75, 3.05) is 67.3 Å². The maximum absolute atomic E-state index is 13.7. The number of morpholine rings is 1. The largest absolute Gasteiger partial charge is 0.497 e. The van der Waals surface area contributed by atoms with E-state index in [1.807, 2.05) is 42.5 Å². The molecule has 2 aromatic carbocycles. The Kier molecular flexibility index (Phi) is 9.19. The van der Waals surface area contributed by atoms with Crippen molar-refractivity contribution in [3.05, 3.63) is 53.6 Å². The molecule has 4 rings (SSSR count). The van der Waals surface area contributed by atoms with E-state index in [1.165, 1.54) is 11.9 Å². The number of methoxy groups -OCH3 is 3. The number of rotatable bonds is 10.